The van der Waals surface area contributed by atoms with Crippen LogP contribution in [-0.4, -0.2) is 30.2 Å². The number of carbonyl (C=O) groups excluding carboxylic acids is 1. The fourth-order valence-corrected chi connectivity index (χ4v) is 2.40. The minimum atomic E-state index is -0.363. The van der Waals surface area contributed by atoms with Crippen LogP contribution in [0.25, 0.3) is 10.6 Å². The van der Waals surface area contributed by atoms with Crippen LogP contribution in [0.5, 0.6) is 5.88 Å². The number of thiazole rings is 1. The molecule has 0 spiro atoms. The van der Waals surface area contributed by atoms with Gasteiger partial charge >= 0.3 is 5.97 Å². The molecule has 0 amide bonds. The summed E-state index contributed by atoms with van der Waals surface area (Å²) in [6.07, 6.45) is 1.66. The molecule has 0 aliphatic carbocycles. The highest BCUT2D eigenvalue weighted by atomic mass is 32.1. The lowest BCUT2D eigenvalue weighted by molar-refractivity contribution is 0.0605. The maximum atomic E-state index is 11.5. The predicted octanol–water partition coefficient (Wildman–Crippen LogP) is 2.31. The van der Waals surface area contributed by atoms with E-state index in [0.29, 0.717) is 16.5 Å². The van der Waals surface area contributed by atoms with Crippen molar-refractivity contribution < 1.29 is 14.3 Å². The smallest absolute Gasteiger partial charge is 0.349 e. The van der Waals surface area contributed by atoms with Crippen LogP contribution in [0.3, 0.4) is 0 Å². The maximum absolute atomic E-state index is 11.5. The lowest BCUT2D eigenvalue weighted by Gasteiger charge is -1.98. The topological polar surface area (TPSA) is 61.3 Å². The minimum absolute atomic E-state index is 0.363. The van der Waals surface area contributed by atoms with Gasteiger partial charge in [0.15, 0.2) is 0 Å². The molecule has 2 rings (SSSR count). The number of nitrogens with zero attached hydrogens (tertiary/aromatic N) is 2. The van der Waals surface area contributed by atoms with E-state index >= 15 is 0 Å². The number of rotatable bonds is 3. The number of hydrogen-bond donors (Lipinski definition) is 0. The third-order valence-corrected chi connectivity index (χ3v) is 3.55. The van der Waals surface area contributed by atoms with Gasteiger partial charge < -0.3 is 9.47 Å². The number of hydrogen-bond acceptors (Lipinski definition) is 6. The van der Waals surface area contributed by atoms with E-state index in [4.69, 9.17) is 9.47 Å². The molecule has 0 aliphatic heterocycles. The quantitative estimate of drug-likeness (QED) is 0.796. The predicted molar refractivity (Wildman–Crippen MR) is 68.0 cm³/mol. The van der Waals surface area contributed by atoms with Gasteiger partial charge in [-0.3, -0.25) is 0 Å². The molecule has 0 bridgehead atoms. The molecule has 0 fully saturated rings. The van der Waals surface area contributed by atoms with Crippen molar-refractivity contribution in [2.45, 2.75) is 6.92 Å². The molecule has 2 aromatic rings. The van der Waals surface area contributed by atoms with Crippen molar-refractivity contribution in [1.82, 2.24) is 9.97 Å². The first-order valence-corrected chi connectivity index (χ1v) is 6.03. The van der Waals surface area contributed by atoms with Crippen LogP contribution in [-0.2, 0) is 4.74 Å². The van der Waals surface area contributed by atoms with Gasteiger partial charge in [0, 0.05) is 17.8 Å². The van der Waals surface area contributed by atoms with Crippen LogP contribution in [0.15, 0.2) is 18.3 Å². The van der Waals surface area contributed by atoms with Gasteiger partial charge in [-0.2, -0.15) is 0 Å². The molecule has 0 atom stereocenters. The number of carbonyl (C=O) groups is 1. The molecule has 94 valence electrons. The first-order chi connectivity index (χ1) is 8.65. The standard InChI is InChI=1S/C12H12N2O3S/c1-7-10(12(15)17-3)18-11(14-7)8-4-5-9(16-2)13-6-8/h4-6H,1-3H3. The van der Waals surface area contributed by atoms with Crippen molar-refractivity contribution in [1.29, 1.82) is 0 Å². The van der Waals surface area contributed by atoms with E-state index in [1.54, 1.807) is 26.3 Å². The van der Waals surface area contributed by atoms with E-state index < -0.39 is 0 Å². The van der Waals surface area contributed by atoms with E-state index in [9.17, 15) is 4.79 Å². The van der Waals surface area contributed by atoms with Gasteiger partial charge in [-0.15, -0.1) is 11.3 Å². The van der Waals surface area contributed by atoms with Crippen LogP contribution in [0.1, 0.15) is 15.4 Å². The Labute approximate surface area is 108 Å². The Balaban J connectivity index is 2.36. The van der Waals surface area contributed by atoms with Crippen molar-refractivity contribution in [3.05, 3.63) is 28.9 Å². The molecule has 0 N–H and O–H groups in total. The summed E-state index contributed by atoms with van der Waals surface area (Å²) in [6.45, 7) is 1.78. The number of aryl methyl sites for hydroxylation is 1. The van der Waals surface area contributed by atoms with E-state index in [-0.39, 0.29) is 5.97 Å². The van der Waals surface area contributed by atoms with Crippen LogP contribution >= 0.6 is 11.3 Å². The third-order valence-electron chi connectivity index (χ3n) is 2.36. The number of pyridine rings is 1. The van der Waals surface area contributed by atoms with Gasteiger partial charge in [-0.1, -0.05) is 0 Å². The van der Waals surface area contributed by atoms with Gasteiger partial charge in [0.25, 0.3) is 0 Å². The summed E-state index contributed by atoms with van der Waals surface area (Å²) < 4.78 is 9.69. The Morgan fingerprint density at radius 3 is 2.67 bits per heavy atom. The first kappa shape index (κ1) is 12.5. The molecule has 5 nitrogen and oxygen atoms in total. The first-order valence-electron chi connectivity index (χ1n) is 5.22. The zero-order chi connectivity index (χ0) is 13.1. The Kier molecular flexibility index (Phi) is 3.57. The molecule has 2 heterocycles. The van der Waals surface area contributed by atoms with Crippen molar-refractivity contribution >= 4 is 17.3 Å². The lowest BCUT2D eigenvalue weighted by Crippen LogP contribution is -1.99. The fraction of sp³-hybridized carbons (Fsp3) is 0.250. The van der Waals surface area contributed by atoms with Crippen molar-refractivity contribution in [2.75, 3.05) is 14.2 Å². The minimum Gasteiger partial charge on any atom is -0.481 e. The monoisotopic (exact) mass is 264 g/mol. The average molecular weight is 264 g/mol. The number of ether oxygens (including phenoxy) is 2. The second kappa shape index (κ2) is 5.14. The molecule has 6 heteroatoms. The molecule has 0 unspecified atom stereocenters. The van der Waals surface area contributed by atoms with Crippen LogP contribution in [0.4, 0.5) is 0 Å². The zero-order valence-corrected chi connectivity index (χ0v) is 11.1. The van der Waals surface area contributed by atoms with Crippen LogP contribution in [0.2, 0.25) is 0 Å². The average Bonchev–Trinajstić information content (AvgIpc) is 2.80. The highest BCUT2D eigenvalue weighted by Crippen LogP contribution is 2.28. The Bertz CT molecular complexity index is 563. The van der Waals surface area contributed by atoms with Crippen molar-refractivity contribution in [3.63, 3.8) is 0 Å². The fourth-order valence-electron chi connectivity index (χ4n) is 1.43. The van der Waals surface area contributed by atoms with Gasteiger partial charge in [-0.05, 0) is 13.0 Å². The highest BCUT2D eigenvalue weighted by Gasteiger charge is 2.16. The molecule has 0 radical (unpaired) electrons. The molecule has 18 heavy (non-hydrogen) atoms. The number of aromatic nitrogens is 2. The van der Waals surface area contributed by atoms with Gasteiger partial charge in [-0.25, -0.2) is 14.8 Å². The van der Waals surface area contributed by atoms with Crippen molar-refractivity contribution in [3.8, 4) is 16.5 Å². The normalized spacial score (nSPS) is 10.2. The summed E-state index contributed by atoms with van der Waals surface area (Å²) >= 11 is 1.29. The molecular formula is C12H12N2O3S. The molecule has 0 aliphatic rings. The molecule has 2 aromatic heterocycles. The summed E-state index contributed by atoms with van der Waals surface area (Å²) in [5.41, 5.74) is 1.51. The Morgan fingerprint density at radius 2 is 2.11 bits per heavy atom. The van der Waals surface area contributed by atoms with E-state index in [0.717, 1.165) is 10.6 Å². The number of methoxy groups -OCH3 is 2. The molecular weight excluding hydrogens is 252 g/mol. The summed E-state index contributed by atoms with van der Waals surface area (Å²) in [5.74, 6) is 0.179. The summed E-state index contributed by atoms with van der Waals surface area (Å²) in [6, 6.07) is 3.61. The van der Waals surface area contributed by atoms with Crippen LogP contribution < -0.4 is 4.74 Å². The van der Waals surface area contributed by atoms with Gasteiger partial charge in [0.2, 0.25) is 5.88 Å². The summed E-state index contributed by atoms with van der Waals surface area (Å²) in [7, 11) is 2.92. The Hall–Kier alpha value is -1.95. The summed E-state index contributed by atoms with van der Waals surface area (Å²) in [4.78, 5) is 20.5. The van der Waals surface area contributed by atoms with E-state index in [1.165, 1.54) is 18.4 Å². The van der Waals surface area contributed by atoms with Crippen LogP contribution in [0, 0.1) is 6.92 Å². The Morgan fingerprint density at radius 1 is 1.33 bits per heavy atom. The van der Waals surface area contributed by atoms with Gasteiger partial charge in [0.1, 0.15) is 9.88 Å². The largest absolute Gasteiger partial charge is 0.481 e. The summed E-state index contributed by atoms with van der Waals surface area (Å²) in [5, 5.41) is 0.739. The third kappa shape index (κ3) is 2.33. The second-order valence-corrected chi connectivity index (χ2v) is 4.51. The molecule has 0 aromatic carbocycles. The lowest BCUT2D eigenvalue weighted by atomic mass is 10.3. The molecule has 0 saturated carbocycles. The SMILES string of the molecule is COC(=O)c1sc(-c2ccc(OC)nc2)nc1C. The van der Waals surface area contributed by atoms with Gasteiger partial charge in [0.05, 0.1) is 19.9 Å². The van der Waals surface area contributed by atoms with E-state index in [2.05, 4.69) is 9.97 Å². The van der Waals surface area contributed by atoms with E-state index in [1.807, 2.05) is 6.07 Å². The number of esters is 1. The second-order valence-electron chi connectivity index (χ2n) is 3.51. The molecule has 0 saturated heterocycles. The highest BCUT2D eigenvalue weighted by molar-refractivity contribution is 7.17. The zero-order valence-electron chi connectivity index (χ0n) is 10.3. The maximum Gasteiger partial charge on any atom is 0.349 e. The van der Waals surface area contributed by atoms with Crippen molar-refractivity contribution in [2.24, 2.45) is 0 Å².